The van der Waals surface area contributed by atoms with E-state index < -0.39 is 6.04 Å². The fourth-order valence-electron chi connectivity index (χ4n) is 1.67. The van der Waals surface area contributed by atoms with Gasteiger partial charge in [-0.3, -0.25) is 4.68 Å². The lowest BCUT2D eigenvalue weighted by atomic mass is 10.2. The molecule has 0 saturated heterocycles. The van der Waals surface area contributed by atoms with Crippen LogP contribution in [0.3, 0.4) is 0 Å². The number of aryl methyl sites for hydroxylation is 1. The van der Waals surface area contributed by atoms with Gasteiger partial charge in [0.05, 0.1) is 12.3 Å². The summed E-state index contributed by atoms with van der Waals surface area (Å²) in [5.41, 5.74) is 1.33. The summed E-state index contributed by atoms with van der Waals surface area (Å²) in [4.78, 5) is 0. The van der Waals surface area contributed by atoms with Gasteiger partial charge in [0.15, 0.2) is 6.04 Å². The molecule has 2 rings (SSSR count). The van der Waals surface area contributed by atoms with Crippen LogP contribution in [0.5, 0.6) is 0 Å². The Kier molecular flexibility index (Phi) is 4.93. The van der Waals surface area contributed by atoms with Crippen LogP contribution in [-0.2, 0) is 6.54 Å². The van der Waals surface area contributed by atoms with E-state index in [1.807, 2.05) is 0 Å². The summed E-state index contributed by atoms with van der Waals surface area (Å²) in [5.74, 6) is 0. The molecule has 0 aliphatic heterocycles. The maximum atomic E-state index is 9.23. The predicted octanol–water partition coefficient (Wildman–Crippen LogP) is 1.99. The van der Waals surface area contributed by atoms with Crippen LogP contribution in [0.25, 0.3) is 0 Å². The molecule has 0 radical (unpaired) electrons. The number of hydrogen-bond acceptors (Lipinski definition) is 5. The van der Waals surface area contributed by atoms with Crippen LogP contribution in [-0.4, -0.2) is 26.7 Å². The van der Waals surface area contributed by atoms with Crippen molar-refractivity contribution in [3.8, 4) is 6.07 Å². The Morgan fingerprint density at radius 3 is 2.80 bits per heavy atom. The van der Waals surface area contributed by atoms with Gasteiger partial charge in [0.1, 0.15) is 5.69 Å². The zero-order chi connectivity index (χ0) is 14.4. The number of nitriles is 1. The molecule has 0 saturated carbocycles. The van der Waals surface area contributed by atoms with E-state index in [9.17, 15) is 5.26 Å². The topological polar surface area (TPSA) is 86.8 Å². The number of aliphatic hydroxyl groups excluding tert-OH is 1. The van der Waals surface area contributed by atoms with Crippen molar-refractivity contribution in [3.05, 3.63) is 41.2 Å². The molecule has 1 heterocycles. The maximum Gasteiger partial charge on any atom is 0.160 e. The second-order valence-corrected chi connectivity index (χ2v) is 4.63. The molecule has 104 valence electrons. The summed E-state index contributed by atoms with van der Waals surface area (Å²) in [7, 11) is 0. The Hall–Kier alpha value is -2.10. The number of aromatic nitrogens is 3. The minimum Gasteiger partial charge on any atom is -0.396 e. The average molecular weight is 292 g/mol. The summed E-state index contributed by atoms with van der Waals surface area (Å²) in [6, 6.07) is 8.64. The number of anilines is 1. The molecule has 6 nitrogen and oxygen atoms in total. The van der Waals surface area contributed by atoms with Crippen molar-refractivity contribution in [1.29, 1.82) is 5.26 Å². The second kappa shape index (κ2) is 6.89. The monoisotopic (exact) mass is 291 g/mol. The maximum absolute atomic E-state index is 9.23. The Morgan fingerprint density at radius 2 is 2.15 bits per heavy atom. The molecule has 0 bridgehead atoms. The molecule has 0 aliphatic rings. The molecule has 1 unspecified atom stereocenters. The third-order valence-electron chi connectivity index (χ3n) is 2.68. The third-order valence-corrected chi connectivity index (χ3v) is 2.93. The van der Waals surface area contributed by atoms with Gasteiger partial charge < -0.3 is 10.4 Å². The fraction of sp³-hybridized carbons (Fsp3) is 0.308. The molecular weight excluding hydrogens is 278 g/mol. The van der Waals surface area contributed by atoms with E-state index in [4.69, 9.17) is 16.7 Å². The number of halogens is 1. The number of benzene rings is 1. The lowest BCUT2D eigenvalue weighted by molar-refractivity contribution is 0.276. The molecule has 0 aliphatic carbocycles. The zero-order valence-electron chi connectivity index (χ0n) is 10.7. The standard InChI is InChI=1S/C13H14ClN5O/c14-10-2-4-11(5-3-10)16-12(8-15)13-9-19(18-17-13)6-1-7-20/h2-5,9,12,16,20H,1,6-7H2. The Bertz CT molecular complexity index is 590. The number of nitrogens with zero attached hydrogens (tertiary/aromatic N) is 4. The first kappa shape index (κ1) is 14.3. The number of nitrogens with one attached hydrogen (secondary N) is 1. The van der Waals surface area contributed by atoms with Crippen LogP contribution < -0.4 is 5.32 Å². The number of aliphatic hydroxyl groups is 1. The van der Waals surface area contributed by atoms with Gasteiger partial charge in [-0.15, -0.1) is 5.10 Å². The van der Waals surface area contributed by atoms with Crippen molar-refractivity contribution >= 4 is 17.3 Å². The van der Waals surface area contributed by atoms with Gasteiger partial charge in [-0.25, -0.2) is 0 Å². The van der Waals surface area contributed by atoms with Crippen molar-refractivity contribution in [1.82, 2.24) is 15.0 Å². The first-order chi connectivity index (χ1) is 9.72. The van der Waals surface area contributed by atoms with Crippen LogP contribution in [0.15, 0.2) is 30.5 Å². The quantitative estimate of drug-likeness (QED) is 0.850. The molecule has 0 fully saturated rings. The minimum absolute atomic E-state index is 0.0971. The van der Waals surface area contributed by atoms with Crippen LogP contribution in [0, 0.1) is 11.3 Å². The Morgan fingerprint density at radius 1 is 1.40 bits per heavy atom. The third kappa shape index (κ3) is 3.70. The smallest absolute Gasteiger partial charge is 0.160 e. The number of hydrogen-bond donors (Lipinski definition) is 2. The van der Waals surface area contributed by atoms with Gasteiger partial charge >= 0.3 is 0 Å². The van der Waals surface area contributed by atoms with Gasteiger partial charge in [-0.1, -0.05) is 16.8 Å². The lowest BCUT2D eigenvalue weighted by Gasteiger charge is -2.09. The van der Waals surface area contributed by atoms with E-state index in [1.165, 1.54) is 0 Å². The van der Waals surface area contributed by atoms with E-state index in [2.05, 4.69) is 21.7 Å². The molecule has 1 aromatic heterocycles. The summed E-state index contributed by atoms with van der Waals surface area (Å²) in [6.07, 6.45) is 2.30. The summed E-state index contributed by atoms with van der Waals surface area (Å²) < 4.78 is 1.61. The van der Waals surface area contributed by atoms with E-state index in [1.54, 1.807) is 35.1 Å². The molecular formula is C13H14ClN5O. The van der Waals surface area contributed by atoms with Crippen molar-refractivity contribution < 1.29 is 5.11 Å². The van der Waals surface area contributed by atoms with Gasteiger partial charge in [0, 0.05) is 23.9 Å². The Labute approximate surface area is 121 Å². The molecule has 1 atom stereocenters. The largest absolute Gasteiger partial charge is 0.396 e. The summed E-state index contributed by atoms with van der Waals surface area (Å²) in [6.45, 7) is 0.669. The average Bonchev–Trinajstić information content (AvgIpc) is 2.93. The predicted molar refractivity (Wildman–Crippen MR) is 75.2 cm³/mol. The molecule has 2 N–H and O–H groups in total. The first-order valence-corrected chi connectivity index (χ1v) is 6.53. The fourth-order valence-corrected chi connectivity index (χ4v) is 1.80. The molecule has 1 aromatic carbocycles. The molecule has 2 aromatic rings. The molecule has 0 spiro atoms. The highest BCUT2D eigenvalue weighted by Crippen LogP contribution is 2.19. The Balaban J connectivity index is 2.06. The first-order valence-electron chi connectivity index (χ1n) is 6.15. The molecule has 7 heteroatoms. The highest BCUT2D eigenvalue weighted by atomic mass is 35.5. The van der Waals surface area contributed by atoms with Gasteiger partial charge in [0.25, 0.3) is 0 Å². The second-order valence-electron chi connectivity index (χ2n) is 4.20. The van der Waals surface area contributed by atoms with Crippen LogP contribution >= 0.6 is 11.6 Å². The van der Waals surface area contributed by atoms with Crippen LogP contribution in [0.1, 0.15) is 18.2 Å². The van der Waals surface area contributed by atoms with Crippen LogP contribution in [0.2, 0.25) is 5.02 Å². The zero-order valence-corrected chi connectivity index (χ0v) is 11.5. The van der Waals surface area contributed by atoms with Gasteiger partial charge in [-0.2, -0.15) is 5.26 Å². The van der Waals surface area contributed by atoms with Gasteiger partial charge in [-0.05, 0) is 30.7 Å². The normalized spacial score (nSPS) is 11.8. The molecule has 0 amide bonds. The highest BCUT2D eigenvalue weighted by molar-refractivity contribution is 6.30. The number of rotatable bonds is 6. The van der Waals surface area contributed by atoms with Crippen molar-refractivity contribution in [2.75, 3.05) is 11.9 Å². The lowest BCUT2D eigenvalue weighted by Crippen LogP contribution is -2.09. The van der Waals surface area contributed by atoms with Crippen molar-refractivity contribution in [2.45, 2.75) is 19.0 Å². The SMILES string of the molecule is N#CC(Nc1ccc(Cl)cc1)c1cn(CCCO)nn1. The van der Waals surface area contributed by atoms with E-state index in [0.717, 1.165) is 5.69 Å². The summed E-state index contributed by atoms with van der Waals surface area (Å²) in [5, 5.41) is 29.6. The van der Waals surface area contributed by atoms with E-state index in [0.29, 0.717) is 23.7 Å². The minimum atomic E-state index is -0.584. The van der Waals surface area contributed by atoms with Gasteiger partial charge in [0.2, 0.25) is 0 Å². The van der Waals surface area contributed by atoms with E-state index >= 15 is 0 Å². The van der Waals surface area contributed by atoms with E-state index in [-0.39, 0.29) is 6.61 Å². The van der Waals surface area contributed by atoms with Crippen LogP contribution in [0.4, 0.5) is 5.69 Å². The van der Waals surface area contributed by atoms with Crippen molar-refractivity contribution in [2.24, 2.45) is 0 Å². The van der Waals surface area contributed by atoms with Crippen molar-refractivity contribution in [3.63, 3.8) is 0 Å². The highest BCUT2D eigenvalue weighted by Gasteiger charge is 2.14. The summed E-state index contributed by atoms with van der Waals surface area (Å²) >= 11 is 5.81. The molecule has 20 heavy (non-hydrogen) atoms.